The lowest BCUT2D eigenvalue weighted by molar-refractivity contribution is -0.137. The summed E-state index contributed by atoms with van der Waals surface area (Å²) in [4.78, 5) is 28.4. The van der Waals surface area contributed by atoms with Crippen LogP contribution in [0.1, 0.15) is 60.8 Å². The molecule has 2 N–H and O–H groups in total. The van der Waals surface area contributed by atoms with Crippen molar-refractivity contribution in [1.82, 2.24) is 15.6 Å². The van der Waals surface area contributed by atoms with Gasteiger partial charge in [-0.25, -0.2) is 9.78 Å². The maximum Gasteiger partial charge on any atom is 0.416 e. The third kappa shape index (κ3) is 7.95. The standard InChI is InChI=1S/C27H27ClF3N3O3/c1-16(34-24(35)19-11-12-32-23(28)13-19)17-5-7-18(8-6-17)22-14-21(27(29,30)31)10-9-20(22)15-33-25(36)37-26(2,3)4/h5-14,16H,15H2,1-4H3,(H,33,36)(H,34,35)/t16-/m1/s1. The highest BCUT2D eigenvalue weighted by Gasteiger charge is 2.31. The van der Waals surface area contributed by atoms with Gasteiger partial charge >= 0.3 is 12.3 Å². The van der Waals surface area contributed by atoms with Gasteiger partial charge in [-0.2, -0.15) is 13.2 Å². The molecule has 0 spiro atoms. The van der Waals surface area contributed by atoms with Crippen LogP contribution in [0.5, 0.6) is 0 Å². The first-order valence-corrected chi connectivity index (χ1v) is 11.8. The summed E-state index contributed by atoms with van der Waals surface area (Å²) in [5, 5.41) is 5.64. The molecule has 1 atom stereocenters. The molecule has 0 radical (unpaired) electrons. The number of amides is 2. The second-order valence-electron chi connectivity index (χ2n) is 9.41. The van der Waals surface area contributed by atoms with Crippen molar-refractivity contribution in [2.75, 3.05) is 0 Å². The van der Waals surface area contributed by atoms with Gasteiger partial charge in [0.2, 0.25) is 0 Å². The van der Waals surface area contributed by atoms with Crippen molar-refractivity contribution in [2.24, 2.45) is 0 Å². The van der Waals surface area contributed by atoms with E-state index < -0.39 is 23.4 Å². The minimum absolute atomic E-state index is 0.0227. The number of hydrogen-bond donors (Lipinski definition) is 2. The molecule has 3 rings (SSSR count). The Hall–Kier alpha value is -3.59. The van der Waals surface area contributed by atoms with Gasteiger partial charge in [-0.15, -0.1) is 0 Å². The quantitative estimate of drug-likeness (QED) is 0.336. The Morgan fingerprint density at radius 2 is 1.70 bits per heavy atom. The Labute approximate surface area is 218 Å². The lowest BCUT2D eigenvalue weighted by atomic mass is 9.95. The fourth-order valence-corrected chi connectivity index (χ4v) is 3.69. The molecule has 0 aliphatic rings. The monoisotopic (exact) mass is 533 g/mol. The third-order valence-corrected chi connectivity index (χ3v) is 5.52. The van der Waals surface area contributed by atoms with Crippen molar-refractivity contribution < 1.29 is 27.5 Å². The minimum Gasteiger partial charge on any atom is -0.444 e. The number of rotatable bonds is 6. The van der Waals surface area contributed by atoms with E-state index in [9.17, 15) is 22.8 Å². The second-order valence-corrected chi connectivity index (χ2v) is 9.80. The van der Waals surface area contributed by atoms with Crippen LogP contribution < -0.4 is 10.6 Å². The van der Waals surface area contributed by atoms with Crippen LogP contribution in [0, 0.1) is 0 Å². The highest BCUT2D eigenvalue weighted by atomic mass is 35.5. The van der Waals surface area contributed by atoms with Gasteiger partial charge in [0, 0.05) is 18.3 Å². The number of nitrogens with zero attached hydrogens (tertiary/aromatic N) is 1. The summed E-state index contributed by atoms with van der Waals surface area (Å²) < 4.78 is 45.5. The summed E-state index contributed by atoms with van der Waals surface area (Å²) in [6.07, 6.45) is -3.77. The molecule has 3 aromatic rings. The highest BCUT2D eigenvalue weighted by Crippen LogP contribution is 2.34. The zero-order chi connectivity index (χ0) is 27.4. The number of ether oxygens (including phenoxy) is 1. The number of halogens is 4. The van der Waals surface area contributed by atoms with Gasteiger partial charge in [-0.05, 0) is 74.2 Å². The zero-order valence-corrected chi connectivity index (χ0v) is 21.5. The van der Waals surface area contributed by atoms with E-state index >= 15 is 0 Å². The molecule has 0 unspecified atom stereocenters. The van der Waals surface area contributed by atoms with Crippen molar-refractivity contribution in [3.05, 3.63) is 88.2 Å². The van der Waals surface area contributed by atoms with E-state index in [0.29, 0.717) is 22.3 Å². The maximum absolute atomic E-state index is 13.4. The number of carbonyl (C=O) groups excluding carboxylic acids is 2. The Morgan fingerprint density at radius 3 is 2.30 bits per heavy atom. The Kier molecular flexibility index (Phi) is 8.48. The summed E-state index contributed by atoms with van der Waals surface area (Å²) in [6, 6.07) is 12.8. The molecule has 37 heavy (non-hydrogen) atoms. The van der Waals surface area contributed by atoms with Crippen LogP contribution in [0.25, 0.3) is 11.1 Å². The van der Waals surface area contributed by atoms with Crippen LogP contribution >= 0.6 is 11.6 Å². The summed E-state index contributed by atoms with van der Waals surface area (Å²) in [5.74, 6) is -0.339. The predicted molar refractivity (Wildman–Crippen MR) is 135 cm³/mol. The van der Waals surface area contributed by atoms with Gasteiger partial charge in [0.1, 0.15) is 10.8 Å². The smallest absolute Gasteiger partial charge is 0.416 e. The Bertz CT molecular complexity index is 1270. The van der Waals surface area contributed by atoms with E-state index in [2.05, 4.69) is 15.6 Å². The van der Waals surface area contributed by atoms with Gasteiger partial charge in [-0.1, -0.05) is 41.9 Å². The third-order valence-electron chi connectivity index (χ3n) is 5.32. The first-order chi connectivity index (χ1) is 17.2. The molecule has 1 aromatic heterocycles. The average molecular weight is 534 g/mol. The first kappa shape index (κ1) is 28.0. The molecular formula is C27H27ClF3N3O3. The number of nitrogens with one attached hydrogen (secondary N) is 2. The van der Waals surface area contributed by atoms with E-state index in [1.807, 2.05) is 0 Å². The zero-order valence-electron chi connectivity index (χ0n) is 20.7. The van der Waals surface area contributed by atoms with Gasteiger partial charge in [0.25, 0.3) is 5.91 Å². The molecule has 0 aliphatic heterocycles. The van der Waals surface area contributed by atoms with Gasteiger partial charge in [-0.3, -0.25) is 4.79 Å². The Morgan fingerprint density at radius 1 is 1.03 bits per heavy atom. The van der Waals surface area contributed by atoms with Crippen molar-refractivity contribution in [3.63, 3.8) is 0 Å². The number of carbonyl (C=O) groups is 2. The van der Waals surface area contributed by atoms with Crippen LogP contribution in [0.15, 0.2) is 60.8 Å². The highest BCUT2D eigenvalue weighted by molar-refractivity contribution is 6.29. The Balaban J connectivity index is 1.82. The van der Waals surface area contributed by atoms with Crippen LogP contribution in [0.3, 0.4) is 0 Å². The van der Waals surface area contributed by atoms with Gasteiger partial charge in [0.05, 0.1) is 11.6 Å². The second kappa shape index (κ2) is 11.2. The lowest BCUT2D eigenvalue weighted by Gasteiger charge is -2.20. The molecule has 2 amide bonds. The lowest BCUT2D eigenvalue weighted by Crippen LogP contribution is -2.32. The average Bonchev–Trinajstić information content (AvgIpc) is 2.81. The van der Waals surface area contributed by atoms with Crippen molar-refractivity contribution in [1.29, 1.82) is 0 Å². The molecule has 2 aromatic carbocycles. The molecule has 196 valence electrons. The molecule has 6 nitrogen and oxygen atoms in total. The van der Waals surface area contributed by atoms with E-state index in [-0.39, 0.29) is 23.6 Å². The number of alkyl halides is 3. The van der Waals surface area contributed by atoms with Crippen molar-refractivity contribution >= 4 is 23.6 Å². The van der Waals surface area contributed by atoms with Crippen molar-refractivity contribution in [2.45, 2.75) is 52.1 Å². The molecular weight excluding hydrogens is 507 g/mol. The predicted octanol–water partition coefficient (Wildman–Crippen LogP) is 6.94. The number of aromatic nitrogens is 1. The molecule has 1 heterocycles. The molecule has 0 bridgehead atoms. The minimum atomic E-state index is -4.53. The SMILES string of the molecule is C[C@@H](NC(=O)c1ccnc(Cl)c1)c1ccc(-c2cc(C(F)(F)F)ccc2CNC(=O)OC(C)(C)C)cc1. The topological polar surface area (TPSA) is 80.3 Å². The van der Waals surface area contributed by atoms with Crippen molar-refractivity contribution in [3.8, 4) is 11.1 Å². The van der Waals surface area contributed by atoms with Crippen LogP contribution in [-0.4, -0.2) is 22.6 Å². The number of alkyl carbamates (subject to hydrolysis) is 1. The summed E-state index contributed by atoms with van der Waals surface area (Å²) in [6.45, 7) is 6.91. The van der Waals surface area contributed by atoms with Gasteiger partial charge in [0.15, 0.2) is 0 Å². The molecule has 10 heteroatoms. The normalized spacial score (nSPS) is 12.5. The summed E-state index contributed by atoms with van der Waals surface area (Å²) >= 11 is 5.85. The molecule has 0 aliphatic carbocycles. The fraction of sp³-hybridized carbons (Fsp3) is 0.296. The molecule has 0 saturated carbocycles. The molecule has 0 fully saturated rings. The number of pyridine rings is 1. The largest absolute Gasteiger partial charge is 0.444 e. The van der Waals surface area contributed by atoms with Gasteiger partial charge < -0.3 is 15.4 Å². The van der Waals surface area contributed by atoms with E-state index in [1.165, 1.54) is 24.4 Å². The van der Waals surface area contributed by atoms with Crippen LogP contribution in [0.2, 0.25) is 5.15 Å². The first-order valence-electron chi connectivity index (χ1n) is 11.4. The fourth-order valence-electron chi connectivity index (χ4n) is 3.52. The maximum atomic E-state index is 13.4. The summed E-state index contributed by atoms with van der Waals surface area (Å²) in [7, 11) is 0. The number of hydrogen-bond acceptors (Lipinski definition) is 4. The van der Waals surface area contributed by atoms with Crippen LogP contribution in [0.4, 0.5) is 18.0 Å². The van der Waals surface area contributed by atoms with E-state index in [4.69, 9.17) is 16.3 Å². The van der Waals surface area contributed by atoms with E-state index in [1.54, 1.807) is 52.0 Å². The van der Waals surface area contributed by atoms with E-state index in [0.717, 1.165) is 17.7 Å². The molecule has 0 saturated heterocycles. The number of benzene rings is 2. The van der Waals surface area contributed by atoms with Crippen LogP contribution in [-0.2, 0) is 17.5 Å². The summed E-state index contributed by atoms with van der Waals surface area (Å²) in [5.41, 5.74) is 0.924.